The zero-order valence-electron chi connectivity index (χ0n) is 17.8. The molecule has 1 saturated heterocycles. The first-order valence-corrected chi connectivity index (χ1v) is 10.7. The monoisotopic (exact) mass is 415 g/mol. The molecule has 160 valence electrons. The van der Waals surface area contributed by atoms with Crippen molar-refractivity contribution in [1.82, 2.24) is 25.1 Å². The van der Waals surface area contributed by atoms with E-state index >= 15 is 0 Å². The molecule has 0 amide bonds. The van der Waals surface area contributed by atoms with Gasteiger partial charge in [0, 0.05) is 29.3 Å². The fraction of sp³-hybridized carbons (Fsp3) is 0.292. The van der Waals surface area contributed by atoms with Gasteiger partial charge in [-0.2, -0.15) is 5.10 Å². The lowest BCUT2D eigenvalue weighted by atomic mass is 10.2. The molecule has 1 fully saturated rings. The average Bonchev–Trinajstić information content (AvgIpc) is 3.48. The SMILES string of the molecule is C=C(Nc1cn[nH]c1C(=C)Nc1ccc(CCCN2CCCC2)nc1)c1cccnc1. The van der Waals surface area contributed by atoms with E-state index in [1.165, 1.54) is 32.5 Å². The summed E-state index contributed by atoms with van der Waals surface area (Å²) in [5.74, 6) is 0. The Hall–Kier alpha value is -3.45. The van der Waals surface area contributed by atoms with Gasteiger partial charge in [-0.3, -0.25) is 15.1 Å². The Bertz CT molecular complexity index is 1000. The van der Waals surface area contributed by atoms with Crippen LogP contribution in [0.1, 0.15) is 36.2 Å². The van der Waals surface area contributed by atoms with Gasteiger partial charge in [0.1, 0.15) is 5.69 Å². The Labute approximate surface area is 183 Å². The van der Waals surface area contributed by atoms with Crippen molar-refractivity contribution in [1.29, 1.82) is 0 Å². The molecule has 0 aromatic carbocycles. The summed E-state index contributed by atoms with van der Waals surface area (Å²) in [7, 11) is 0. The summed E-state index contributed by atoms with van der Waals surface area (Å²) in [6, 6.07) is 7.95. The molecule has 4 heterocycles. The molecule has 31 heavy (non-hydrogen) atoms. The van der Waals surface area contributed by atoms with Crippen LogP contribution >= 0.6 is 0 Å². The summed E-state index contributed by atoms with van der Waals surface area (Å²) >= 11 is 0. The smallest absolute Gasteiger partial charge is 0.104 e. The van der Waals surface area contributed by atoms with Gasteiger partial charge in [0.05, 0.1) is 29.5 Å². The number of anilines is 2. The van der Waals surface area contributed by atoms with Crippen LogP contribution in [0.3, 0.4) is 0 Å². The highest BCUT2D eigenvalue weighted by Gasteiger charge is 2.12. The molecular weight excluding hydrogens is 386 g/mol. The van der Waals surface area contributed by atoms with E-state index < -0.39 is 0 Å². The number of rotatable bonds is 10. The Morgan fingerprint density at radius 2 is 1.90 bits per heavy atom. The van der Waals surface area contributed by atoms with Gasteiger partial charge < -0.3 is 15.5 Å². The second-order valence-electron chi connectivity index (χ2n) is 7.80. The number of nitrogens with one attached hydrogen (secondary N) is 3. The minimum Gasteiger partial charge on any atom is -0.353 e. The molecule has 0 spiro atoms. The van der Waals surface area contributed by atoms with Crippen LogP contribution in [0.15, 0.2) is 62.2 Å². The third kappa shape index (κ3) is 5.58. The van der Waals surface area contributed by atoms with Crippen molar-refractivity contribution < 1.29 is 0 Å². The average molecular weight is 416 g/mol. The minimum absolute atomic E-state index is 0.697. The largest absolute Gasteiger partial charge is 0.353 e. The standard InChI is InChI=1S/C24H29N7/c1-18(20-7-5-11-25-15-20)29-23-17-27-30-24(23)19(2)28-22-10-9-21(26-16-22)8-6-14-31-12-3-4-13-31/h5,7,9-11,15-17,28-29H,1-4,6,8,12-14H2,(H,27,30). The molecule has 1 aliphatic heterocycles. The molecule has 0 atom stereocenters. The van der Waals surface area contributed by atoms with Crippen LogP contribution in [0.4, 0.5) is 11.4 Å². The van der Waals surface area contributed by atoms with Gasteiger partial charge in [0.15, 0.2) is 0 Å². The van der Waals surface area contributed by atoms with Crippen molar-refractivity contribution >= 4 is 22.8 Å². The zero-order chi connectivity index (χ0) is 21.5. The lowest BCUT2D eigenvalue weighted by Crippen LogP contribution is -2.20. The number of hydrogen-bond acceptors (Lipinski definition) is 6. The highest BCUT2D eigenvalue weighted by Crippen LogP contribution is 2.25. The molecule has 3 N–H and O–H groups in total. The molecular formula is C24H29N7. The summed E-state index contributed by atoms with van der Waals surface area (Å²) < 4.78 is 0. The number of aromatic amines is 1. The Balaban J connectivity index is 1.31. The van der Waals surface area contributed by atoms with E-state index in [0.29, 0.717) is 5.70 Å². The second kappa shape index (κ2) is 10.0. The maximum atomic E-state index is 4.60. The van der Waals surface area contributed by atoms with E-state index in [-0.39, 0.29) is 0 Å². The van der Waals surface area contributed by atoms with Crippen molar-refractivity contribution in [2.24, 2.45) is 0 Å². The number of hydrogen-bond donors (Lipinski definition) is 3. The maximum Gasteiger partial charge on any atom is 0.104 e. The van der Waals surface area contributed by atoms with E-state index in [4.69, 9.17) is 0 Å². The van der Waals surface area contributed by atoms with Crippen molar-refractivity contribution in [2.45, 2.75) is 25.7 Å². The summed E-state index contributed by atoms with van der Waals surface area (Å²) in [4.78, 5) is 11.3. The lowest BCUT2D eigenvalue weighted by molar-refractivity contribution is 0.333. The molecule has 3 aromatic rings. The van der Waals surface area contributed by atoms with Crippen molar-refractivity contribution in [3.05, 3.63) is 79.2 Å². The van der Waals surface area contributed by atoms with Crippen molar-refractivity contribution in [3.8, 4) is 0 Å². The molecule has 7 heteroatoms. The molecule has 0 radical (unpaired) electrons. The molecule has 0 aliphatic carbocycles. The summed E-state index contributed by atoms with van der Waals surface area (Å²) in [5, 5.41) is 13.7. The third-order valence-corrected chi connectivity index (χ3v) is 5.46. The Morgan fingerprint density at radius 1 is 1.03 bits per heavy atom. The molecule has 4 rings (SSSR count). The third-order valence-electron chi connectivity index (χ3n) is 5.46. The predicted octanol–water partition coefficient (Wildman–Crippen LogP) is 4.39. The highest BCUT2D eigenvalue weighted by atomic mass is 15.2. The van der Waals surface area contributed by atoms with E-state index in [1.54, 1.807) is 18.6 Å². The summed E-state index contributed by atoms with van der Waals surface area (Å²) in [6.07, 6.45) is 11.9. The number of pyridine rings is 2. The first-order chi connectivity index (χ1) is 15.2. The van der Waals surface area contributed by atoms with E-state index in [2.05, 4.69) is 54.9 Å². The normalized spacial score (nSPS) is 13.8. The van der Waals surface area contributed by atoms with Gasteiger partial charge in [-0.1, -0.05) is 13.2 Å². The molecule has 1 aliphatic rings. The van der Waals surface area contributed by atoms with Crippen LogP contribution in [0, 0.1) is 0 Å². The van der Waals surface area contributed by atoms with E-state index in [9.17, 15) is 0 Å². The first-order valence-electron chi connectivity index (χ1n) is 10.7. The quantitative estimate of drug-likeness (QED) is 0.455. The van der Waals surface area contributed by atoms with Gasteiger partial charge >= 0.3 is 0 Å². The molecule has 0 bridgehead atoms. The first kappa shape index (κ1) is 20.8. The predicted molar refractivity (Wildman–Crippen MR) is 126 cm³/mol. The Morgan fingerprint density at radius 3 is 2.65 bits per heavy atom. The number of nitrogens with zero attached hydrogens (tertiary/aromatic N) is 4. The summed E-state index contributed by atoms with van der Waals surface area (Å²) in [5.41, 5.74) is 5.91. The summed E-state index contributed by atoms with van der Waals surface area (Å²) in [6.45, 7) is 11.9. The Kier molecular flexibility index (Phi) is 6.74. The van der Waals surface area contributed by atoms with Crippen LogP contribution in [0.5, 0.6) is 0 Å². The number of H-pyrrole nitrogens is 1. The molecule has 0 unspecified atom stereocenters. The topological polar surface area (TPSA) is 81.8 Å². The second-order valence-corrected chi connectivity index (χ2v) is 7.80. The number of aromatic nitrogens is 4. The van der Waals surface area contributed by atoms with E-state index in [1.807, 2.05) is 24.4 Å². The van der Waals surface area contributed by atoms with Crippen LogP contribution in [-0.2, 0) is 6.42 Å². The van der Waals surface area contributed by atoms with Crippen LogP contribution in [0.25, 0.3) is 11.4 Å². The molecule has 7 nitrogen and oxygen atoms in total. The van der Waals surface area contributed by atoms with Crippen molar-refractivity contribution in [2.75, 3.05) is 30.3 Å². The van der Waals surface area contributed by atoms with Gasteiger partial charge in [-0.15, -0.1) is 0 Å². The van der Waals surface area contributed by atoms with Crippen LogP contribution in [-0.4, -0.2) is 44.7 Å². The fourth-order valence-electron chi connectivity index (χ4n) is 3.76. The maximum absolute atomic E-state index is 4.60. The van der Waals surface area contributed by atoms with Gasteiger partial charge in [0.2, 0.25) is 0 Å². The van der Waals surface area contributed by atoms with Crippen LogP contribution in [0.2, 0.25) is 0 Å². The van der Waals surface area contributed by atoms with Gasteiger partial charge in [0.25, 0.3) is 0 Å². The van der Waals surface area contributed by atoms with Crippen molar-refractivity contribution in [3.63, 3.8) is 0 Å². The fourth-order valence-corrected chi connectivity index (χ4v) is 3.76. The number of aryl methyl sites for hydroxylation is 1. The van der Waals surface area contributed by atoms with Gasteiger partial charge in [-0.25, -0.2) is 0 Å². The van der Waals surface area contributed by atoms with Crippen LogP contribution < -0.4 is 10.6 Å². The molecule has 0 saturated carbocycles. The highest BCUT2D eigenvalue weighted by molar-refractivity contribution is 5.84. The number of likely N-dealkylation sites (tertiary alicyclic amines) is 1. The van der Waals surface area contributed by atoms with E-state index in [0.717, 1.165) is 46.9 Å². The molecule has 3 aromatic heterocycles. The minimum atomic E-state index is 0.697. The zero-order valence-corrected chi connectivity index (χ0v) is 17.8. The van der Waals surface area contributed by atoms with Gasteiger partial charge in [-0.05, 0) is 69.6 Å². The lowest BCUT2D eigenvalue weighted by Gasteiger charge is -2.14.